The number of amidine groups is 1. The number of aliphatic imine (C=N–C) groups is 1. The topological polar surface area (TPSA) is 27.6 Å². The van der Waals surface area contributed by atoms with Crippen LogP contribution in [0.25, 0.3) is 0 Å². The summed E-state index contributed by atoms with van der Waals surface area (Å²) in [6.45, 7) is 6.18. The average molecular weight is 124 g/mol. The van der Waals surface area contributed by atoms with Crippen LogP contribution in [-0.2, 0) is 0 Å². The Kier molecular flexibility index (Phi) is 1.16. The molecule has 2 aliphatic heterocycles. The van der Waals surface area contributed by atoms with Gasteiger partial charge in [-0.05, 0) is 0 Å². The fourth-order valence-electron chi connectivity index (χ4n) is 1.22. The molecule has 1 radical (unpaired) electrons. The number of fused-ring (bicyclic) bond motifs is 1. The van der Waals surface area contributed by atoms with Gasteiger partial charge in [0.05, 0.1) is 13.1 Å². The molecule has 0 aromatic carbocycles. The van der Waals surface area contributed by atoms with E-state index in [9.17, 15) is 0 Å². The summed E-state index contributed by atoms with van der Waals surface area (Å²) in [7, 11) is 0. The highest BCUT2D eigenvalue weighted by Gasteiger charge is 2.18. The first kappa shape index (κ1) is 5.23. The number of nitrogens with one attached hydrogen (secondary N) is 1. The monoisotopic (exact) mass is 124 g/mol. The zero-order chi connectivity index (χ0) is 6.10. The van der Waals surface area contributed by atoms with Gasteiger partial charge in [0.1, 0.15) is 5.84 Å². The summed E-state index contributed by atoms with van der Waals surface area (Å²) in [5, 5.41) is 3.26. The first-order chi connectivity index (χ1) is 4.47. The summed E-state index contributed by atoms with van der Waals surface area (Å²) < 4.78 is 0. The molecule has 49 valence electrons. The minimum Gasteiger partial charge on any atom is -0.356 e. The lowest BCUT2D eigenvalue weighted by Gasteiger charge is -2.25. The first-order valence-electron chi connectivity index (χ1n) is 3.31. The van der Waals surface area contributed by atoms with Crippen molar-refractivity contribution in [1.82, 2.24) is 10.2 Å². The molecule has 0 atom stereocenters. The van der Waals surface area contributed by atoms with Crippen molar-refractivity contribution in [2.24, 2.45) is 4.99 Å². The maximum absolute atomic E-state index is 4.21. The summed E-state index contributed by atoms with van der Waals surface area (Å²) in [4.78, 5) is 6.51. The van der Waals surface area contributed by atoms with Gasteiger partial charge in [-0.15, -0.1) is 0 Å². The third-order valence-electron chi connectivity index (χ3n) is 1.75. The van der Waals surface area contributed by atoms with Gasteiger partial charge in [-0.2, -0.15) is 0 Å². The van der Waals surface area contributed by atoms with Crippen LogP contribution in [0.4, 0.5) is 0 Å². The lowest BCUT2D eigenvalue weighted by molar-refractivity contribution is 0.423. The summed E-state index contributed by atoms with van der Waals surface area (Å²) >= 11 is 0. The number of rotatable bonds is 0. The van der Waals surface area contributed by atoms with Crippen molar-refractivity contribution in [2.75, 3.05) is 26.2 Å². The molecule has 2 rings (SSSR count). The standard InChI is InChI=1S/C6H10N3/c1-3-9-4-2-8-6(9)5-7-1/h2,7H,1,3-5H2. The minimum absolute atomic E-state index is 0.955. The van der Waals surface area contributed by atoms with Crippen molar-refractivity contribution in [3.05, 3.63) is 6.54 Å². The number of hydrogen-bond donors (Lipinski definition) is 1. The Balaban J connectivity index is 2.09. The molecule has 0 aromatic heterocycles. The number of hydrogen-bond acceptors (Lipinski definition) is 3. The third-order valence-corrected chi connectivity index (χ3v) is 1.75. The predicted molar refractivity (Wildman–Crippen MR) is 36.2 cm³/mol. The van der Waals surface area contributed by atoms with E-state index >= 15 is 0 Å². The second-order valence-corrected chi connectivity index (χ2v) is 2.35. The van der Waals surface area contributed by atoms with Gasteiger partial charge in [-0.3, -0.25) is 4.99 Å². The third kappa shape index (κ3) is 0.812. The van der Waals surface area contributed by atoms with Crippen molar-refractivity contribution in [2.45, 2.75) is 0 Å². The van der Waals surface area contributed by atoms with Crippen molar-refractivity contribution < 1.29 is 0 Å². The van der Waals surface area contributed by atoms with Crippen LogP contribution < -0.4 is 5.32 Å². The van der Waals surface area contributed by atoms with E-state index in [4.69, 9.17) is 0 Å². The second kappa shape index (κ2) is 1.99. The van der Waals surface area contributed by atoms with Crippen LogP contribution in [0.1, 0.15) is 0 Å². The van der Waals surface area contributed by atoms with Crippen molar-refractivity contribution >= 4 is 5.84 Å². The summed E-state index contributed by atoms with van der Waals surface area (Å²) in [5.74, 6) is 1.21. The Bertz CT molecular complexity index is 141. The van der Waals surface area contributed by atoms with E-state index in [-0.39, 0.29) is 0 Å². The van der Waals surface area contributed by atoms with E-state index in [0.717, 1.165) is 26.2 Å². The normalized spacial score (nSPS) is 25.8. The lowest BCUT2D eigenvalue weighted by Crippen LogP contribution is -2.45. The Morgan fingerprint density at radius 1 is 1.67 bits per heavy atom. The smallest absolute Gasteiger partial charge is 0.114 e. The molecule has 1 fully saturated rings. The average Bonchev–Trinajstić information content (AvgIpc) is 2.33. The van der Waals surface area contributed by atoms with Crippen LogP contribution in [0.2, 0.25) is 0 Å². The summed E-state index contributed by atoms with van der Waals surface area (Å²) in [6, 6.07) is 0. The van der Waals surface area contributed by atoms with E-state index in [1.807, 2.05) is 6.54 Å². The Labute approximate surface area is 54.8 Å². The van der Waals surface area contributed by atoms with Crippen LogP contribution in [0.15, 0.2) is 4.99 Å². The van der Waals surface area contributed by atoms with Crippen LogP contribution >= 0.6 is 0 Å². The van der Waals surface area contributed by atoms with Crippen molar-refractivity contribution in [3.8, 4) is 0 Å². The molecule has 0 spiro atoms. The van der Waals surface area contributed by atoms with Gasteiger partial charge in [0.2, 0.25) is 0 Å². The zero-order valence-electron chi connectivity index (χ0n) is 5.30. The van der Waals surface area contributed by atoms with Crippen molar-refractivity contribution in [1.29, 1.82) is 0 Å². The van der Waals surface area contributed by atoms with Crippen LogP contribution in [0.5, 0.6) is 0 Å². The van der Waals surface area contributed by atoms with Crippen molar-refractivity contribution in [3.63, 3.8) is 0 Å². The quantitative estimate of drug-likeness (QED) is 0.470. The lowest BCUT2D eigenvalue weighted by atomic mass is 10.4. The molecule has 2 heterocycles. The maximum atomic E-state index is 4.21. The maximum Gasteiger partial charge on any atom is 0.114 e. The SMILES string of the molecule is [CH]1CN2CCNCC2=N1. The highest BCUT2D eigenvalue weighted by molar-refractivity contribution is 5.86. The Hall–Kier alpha value is -0.570. The molecule has 9 heavy (non-hydrogen) atoms. The number of piperazine rings is 1. The summed E-state index contributed by atoms with van der Waals surface area (Å²) in [5.41, 5.74) is 0. The second-order valence-electron chi connectivity index (χ2n) is 2.35. The van der Waals surface area contributed by atoms with E-state index in [0.29, 0.717) is 0 Å². The van der Waals surface area contributed by atoms with Gasteiger partial charge in [-0.25, -0.2) is 0 Å². The van der Waals surface area contributed by atoms with E-state index in [1.165, 1.54) is 5.84 Å². The molecule has 2 aliphatic rings. The predicted octanol–water partition coefficient (Wildman–Crippen LogP) is -0.535. The molecule has 3 heteroatoms. The molecular formula is C6H10N3. The van der Waals surface area contributed by atoms with E-state index < -0.39 is 0 Å². The van der Waals surface area contributed by atoms with Crippen LogP contribution in [0, 0.1) is 6.54 Å². The molecule has 0 aliphatic carbocycles. The Morgan fingerprint density at radius 2 is 2.67 bits per heavy atom. The van der Waals surface area contributed by atoms with Crippen LogP contribution in [-0.4, -0.2) is 36.9 Å². The van der Waals surface area contributed by atoms with Gasteiger partial charge in [-0.1, -0.05) is 0 Å². The minimum atomic E-state index is 0.955. The summed E-state index contributed by atoms with van der Waals surface area (Å²) in [6.07, 6.45) is 0. The molecule has 0 saturated carbocycles. The number of nitrogens with zero attached hydrogens (tertiary/aromatic N) is 2. The van der Waals surface area contributed by atoms with Gasteiger partial charge in [0, 0.05) is 19.6 Å². The van der Waals surface area contributed by atoms with Gasteiger partial charge in [0.25, 0.3) is 0 Å². The van der Waals surface area contributed by atoms with Crippen LogP contribution in [0.3, 0.4) is 0 Å². The fourth-order valence-corrected chi connectivity index (χ4v) is 1.22. The molecule has 1 saturated heterocycles. The first-order valence-corrected chi connectivity index (χ1v) is 3.31. The molecule has 0 amide bonds. The van der Waals surface area contributed by atoms with Gasteiger partial charge < -0.3 is 10.2 Å². The highest BCUT2D eigenvalue weighted by atomic mass is 15.3. The van der Waals surface area contributed by atoms with E-state index in [2.05, 4.69) is 15.2 Å². The zero-order valence-corrected chi connectivity index (χ0v) is 5.30. The molecule has 0 bridgehead atoms. The molecule has 0 unspecified atom stereocenters. The molecule has 3 nitrogen and oxygen atoms in total. The largest absolute Gasteiger partial charge is 0.356 e. The molecule has 1 N–H and O–H groups in total. The van der Waals surface area contributed by atoms with Gasteiger partial charge in [0.15, 0.2) is 0 Å². The highest BCUT2D eigenvalue weighted by Crippen LogP contribution is 2.05. The molecular weight excluding hydrogens is 114 g/mol. The van der Waals surface area contributed by atoms with E-state index in [1.54, 1.807) is 0 Å². The Morgan fingerprint density at radius 3 is 3.56 bits per heavy atom. The molecule has 0 aromatic rings. The van der Waals surface area contributed by atoms with Gasteiger partial charge >= 0.3 is 0 Å². The fraction of sp³-hybridized carbons (Fsp3) is 0.667.